The fraction of sp³-hybridized carbons (Fsp3) is 0.0952. The van der Waals surface area contributed by atoms with Crippen molar-refractivity contribution >= 4 is 11.6 Å². The number of benzene rings is 2. The summed E-state index contributed by atoms with van der Waals surface area (Å²) in [6.07, 6.45) is 3.12. The summed E-state index contributed by atoms with van der Waals surface area (Å²) in [5, 5.41) is 4.14. The number of carbonyl (C=O) groups excluding carboxylic acids is 1. The minimum absolute atomic E-state index is 0.291. The molecular formula is C21H19N3O2. The van der Waals surface area contributed by atoms with E-state index in [1.54, 1.807) is 18.3 Å². The number of rotatable bonds is 6. The van der Waals surface area contributed by atoms with Gasteiger partial charge in [-0.05, 0) is 54.4 Å². The SMILES string of the molecule is C/C(=N\NC(=O)c1cccnc1)c1ccc(OCc2ccccc2)cc1. The normalized spacial score (nSPS) is 11.0. The molecule has 130 valence electrons. The summed E-state index contributed by atoms with van der Waals surface area (Å²) in [4.78, 5) is 15.9. The van der Waals surface area contributed by atoms with Crippen LogP contribution in [0.15, 0.2) is 84.2 Å². The van der Waals surface area contributed by atoms with E-state index in [0.717, 1.165) is 16.9 Å². The van der Waals surface area contributed by atoms with Crippen molar-refractivity contribution in [3.8, 4) is 5.75 Å². The number of aromatic nitrogens is 1. The van der Waals surface area contributed by atoms with Gasteiger partial charge >= 0.3 is 0 Å². The van der Waals surface area contributed by atoms with Crippen LogP contribution in [-0.4, -0.2) is 16.6 Å². The van der Waals surface area contributed by atoms with E-state index in [9.17, 15) is 4.79 Å². The van der Waals surface area contributed by atoms with Crippen LogP contribution in [0.25, 0.3) is 0 Å². The molecule has 0 spiro atoms. The third kappa shape index (κ3) is 4.77. The van der Waals surface area contributed by atoms with Gasteiger partial charge in [0, 0.05) is 12.4 Å². The molecule has 5 heteroatoms. The smallest absolute Gasteiger partial charge is 0.272 e. The molecule has 0 unspecified atom stereocenters. The van der Waals surface area contributed by atoms with E-state index < -0.39 is 0 Å². The maximum atomic E-state index is 12.0. The first-order valence-electron chi connectivity index (χ1n) is 8.24. The predicted molar refractivity (Wildman–Crippen MR) is 101 cm³/mol. The number of carbonyl (C=O) groups is 1. The molecule has 0 aliphatic rings. The average Bonchev–Trinajstić information content (AvgIpc) is 2.72. The molecule has 26 heavy (non-hydrogen) atoms. The van der Waals surface area contributed by atoms with Crippen LogP contribution in [-0.2, 0) is 6.61 Å². The van der Waals surface area contributed by atoms with Crippen molar-refractivity contribution < 1.29 is 9.53 Å². The van der Waals surface area contributed by atoms with E-state index in [0.29, 0.717) is 17.9 Å². The van der Waals surface area contributed by atoms with Gasteiger partial charge in [-0.3, -0.25) is 9.78 Å². The van der Waals surface area contributed by atoms with E-state index in [-0.39, 0.29) is 5.91 Å². The maximum absolute atomic E-state index is 12.0. The second-order valence-corrected chi connectivity index (χ2v) is 5.68. The number of hydrazone groups is 1. The van der Waals surface area contributed by atoms with Gasteiger partial charge in [-0.25, -0.2) is 5.43 Å². The number of nitrogens with zero attached hydrogens (tertiary/aromatic N) is 2. The molecule has 1 amide bonds. The highest BCUT2D eigenvalue weighted by molar-refractivity contribution is 6.00. The van der Waals surface area contributed by atoms with Crippen molar-refractivity contribution in [3.05, 3.63) is 95.8 Å². The molecule has 0 saturated carbocycles. The lowest BCUT2D eigenvalue weighted by atomic mass is 10.1. The maximum Gasteiger partial charge on any atom is 0.272 e. The Bertz CT molecular complexity index is 876. The second kappa shape index (κ2) is 8.58. The monoisotopic (exact) mass is 345 g/mol. The number of hydrogen-bond acceptors (Lipinski definition) is 4. The Morgan fingerprint density at radius 3 is 2.46 bits per heavy atom. The topological polar surface area (TPSA) is 63.6 Å². The first kappa shape index (κ1) is 17.4. The largest absolute Gasteiger partial charge is 0.489 e. The van der Waals surface area contributed by atoms with E-state index in [4.69, 9.17) is 4.74 Å². The van der Waals surface area contributed by atoms with Crippen molar-refractivity contribution in [1.82, 2.24) is 10.4 Å². The van der Waals surface area contributed by atoms with Gasteiger partial charge in [-0.1, -0.05) is 30.3 Å². The number of pyridine rings is 1. The molecule has 0 aliphatic heterocycles. The predicted octanol–water partition coefficient (Wildman–Crippen LogP) is 3.81. The molecule has 2 aromatic carbocycles. The lowest BCUT2D eigenvalue weighted by Gasteiger charge is -2.07. The lowest BCUT2D eigenvalue weighted by molar-refractivity contribution is 0.0954. The highest BCUT2D eigenvalue weighted by Gasteiger charge is 2.05. The standard InChI is InChI=1S/C21H19N3O2/c1-16(23-24-21(25)19-8-5-13-22-14-19)18-9-11-20(12-10-18)26-15-17-6-3-2-4-7-17/h2-14H,15H2,1H3,(H,24,25)/b23-16+. The molecule has 0 atom stereocenters. The Morgan fingerprint density at radius 1 is 1.00 bits per heavy atom. The van der Waals surface area contributed by atoms with Gasteiger partial charge in [0.1, 0.15) is 12.4 Å². The Hall–Kier alpha value is -3.47. The van der Waals surface area contributed by atoms with E-state index >= 15 is 0 Å². The fourth-order valence-electron chi connectivity index (χ4n) is 2.29. The zero-order chi connectivity index (χ0) is 18.2. The molecule has 1 aromatic heterocycles. The summed E-state index contributed by atoms with van der Waals surface area (Å²) in [7, 11) is 0. The Kier molecular flexibility index (Phi) is 5.72. The number of hydrogen-bond donors (Lipinski definition) is 1. The average molecular weight is 345 g/mol. The van der Waals surface area contributed by atoms with Crippen molar-refractivity contribution in [1.29, 1.82) is 0 Å². The van der Waals surface area contributed by atoms with Crippen LogP contribution in [0.5, 0.6) is 5.75 Å². The Balaban J connectivity index is 1.58. The van der Waals surface area contributed by atoms with Gasteiger partial charge in [0.2, 0.25) is 0 Å². The molecule has 0 saturated heterocycles. The molecule has 1 N–H and O–H groups in total. The molecule has 1 heterocycles. The molecular weight excluding hydrogens is 326 g/mol. The molecule has 0 fully saturated rings. The van der Waals surface area contributed by atoms with Gasteiger partial charge in [-0.15, -0.1) is 0 Å². The van der Waals surface area contributed by atoms with E-state index in [2.05, 4.69) is 15.5 Å². The molecule has 0 bridgehead atoms. The van der Waals surface area contributed by atoms with Gasteiger partial charge in [0.15, 0.2) is 0 Å². The Morgan fingerprint density at radius 2 is 1.77 bits per heavy atom. The number of amides is 1. The summed E-state index contributed by atoms with van der Waals surface area (Å²) in [5.74, 6) is 0.491. The molecule has 3 rings (SSSR count). The summed E-state index contributed by atoms with van der Waals surface area (Å²) < 4.78 is 5.77. The molecule has 0 radical (unpaired) electrons. The zero-order valence-corrected chi connectivity index (χ0v) is 14.4. The third-order valence-corrected chi connectivity index (χ3v) is 3.77. The Labute approximate surface area is 152 Å². The summed E-state index contributed by atoms with van der Waals surface area (Å²) in [6.45, 7) is 2.36. The number of nitrogens with one attached hydrogen (secondary N) is 1. The van der Waals surface area contributed by atoms with Crippen molar-refractivity contribution in [3.63, 3.8) is 0 Å². The third-order valence-electron chi connectivity index (χ3n) is 3.77. The van der Waals surface area contributed by atoms with Gasteiger partial charge < -0.3 is 4.74 Å². The zero-order valence-electron chi connectivity index (χ0n) is 14.4. The quantitative estimate of drug-likeness (QED) is 0.546. The molecule has 3 aromatic rings. The second-order valence-electron chi connectivity index (χ2n) is 5.68. The van der Waals surface area contributed by atoms with Crippen molar-refractivity contribution in [2.75, 3.05) is 0 Å². The van der Waals surface area contributed by atoms with Crippen LogP contribution in [0.1, 0.15) is 28.4 Å². The first-order valence-corrected chi connectivity index (χ1v) is 8.24. The van der Waals surface area contributed by atoms with Gasteiger partial charge in [-0.2, -0.15) is 5.10 Å². The summed E-state index contributed by atoms with van der Waals surface area (Å²) in [6, 6.07) is 21.0. The van der Waals surface area contributed by atoms with Gasteiger partial charge in [0.25, 0.3) is 5.91 Å². The van der Waals surface area contributed by atoms with Crippen molar-refractivity contribution in [2.24, 2.45) is 5.10 Å². The van der Waals surface area contributed by atoms with E-state index in [1.165, 1.54) is 6.20 Å². The van der Waals surface area contributed by atoms with Gasteiger partial charge in [0.05, 0.1) is 11.3 Å². The molecule has 5 nitrogen and oxygen atoms in total. The van der Waals surface area contributed by atoms with E-state index in [1.807, 2.05) is 61.5 Å². The van der Waals surface area contributed by atoms with Crippen molar-refractivity contribution in [2.45, 2.75) is 13.5 Å². The van der Waals surface area contributed by atoms with Crippen LogP contribution in [0.4, 0.5) is 0 Å². The highest BCUT2D eigenvalue weighted by atomic mass is 16.5. The van der Waals surface area contributed by atoms with Crippen LogP contribution >= 0.6 is 0 Å². The first-order chi connectivity index (χ1) is 12.7. The lowest BCUT2D eigenvalue weighted by Crippen LogP contribution is -2.19. The number of ether oxygens (including phenoxy) is 1. The van der Waals surface area contributed by atoms with Crippen LogP contribution < -0.4 is 10.2 Å². The highest BCUT2D eigenvalue weighted by Crippen LogP contribution is 2.14. The van der Waals surface area contributed by atoms with Crippen LogP contribution in [0, 0.1) is 0 Å². The minimum Gasteiger partial charge on any atom is -0.489 e. The summed E-state index contributed by atoms with van der Waals surface area (Å²) >= 11 is 0. The fourth-order valence-corrected chi connectivity index (χ4v) is 2.29. The summed E-state index contributed by atoms with van der Waals surface area (Å²) in [5.41, 5.74) is 5.73. The van der Waals surface area contributed by atoms with Crippen LogP contribution in [0.2, 0.25) is 0 Å². The minimum atomic E-state index is -0.291. The van der Waals surface area contributed by atoms with Crippen LogP contribution in [0.3, 0.4) is 0 Å². The molecule has 0 aliphatic carbocycles.